The molecule has 1 rings (SSSR count). The Bertz CT molecular complexity index is 70.1. The van der Waals surface area contributed by atoms with Gasteiger partial charge in [-0.1, -0.05) is 13.0 Å². The van der Waals surface area contributed by atoms with Crippen molar-refractivity contribution in [1.29, 1.82) is 0 Å². The van der Waals surface area contributed by atoms with Crippen LogP contribution >= 0.6 is 0 Å². The van der Waals surface area contributed by atoms with Crippen LogP contribution in [0.1, 0.15) is 19.8 Å². The van der Waals surface area contributed by atoms with Crippen LogP contribution in [0, 0.1) is 11.8 Å². The molecule has 0 bridgehead atoms. The van der Waals surface area contributed by atoms with Crippen LogP contribution in [-0.4, -0.2) is 0 Å². The van der Waals surface area contributed by atoms with Gasteiger partial charge in [-0.05, 0) is 24.7 Å². The molecule has 1 unspecified atom stereocenters. The van der Waals surface area contributed by atoms with Crippen molar-refractivity contribution in [2.45, 2.75) is 19.8 Å². The molecular weight excluding hydrogens is 84.1 g/mol. The molecule has 1 aliphatic carbocycles. The van der Waals surface area contributed by atoms with Crippen LogP contribution in [0.15, 0.2) is 12.7 Å². The summed E-state index contributed by atoms with van der Waals surface area (Å²) < 4.78 is 0. The van der Waals surface area contributed by atoms with Crippen molar-refractivity contribution in [1.82, 2.24) is 0 Å². The number of hydrogen-bond donors (Lipinski definition) is 0. The molecule has 1 fully saturated rings. The third kappa shape index (κ3) is 1.05. The molecule has 0 heterocycles. The fraction of sp³-hybridized carbons (Fsp3) is 0.714. The predicted octanol–water partition coefficient (Wildman–Crippen LogP) is 2.22. The Kier molecular flexibility index (Phi) is 1.18. The summed E-state index contributed by atoms with van der Waals surface area (Å²) in [4.78, 5) is 0. The summed E-state index contributed by atoms with van der Waals surface area (Å²) in [5.74, 6) is 1.78. The minimum absolute atomic E-state index is 0.778. The van der Waals surface area contributed by atoms with E-state index in [1.165, 1.54) is 12.8 Å². The highest BCUT2D eigenvalue weighted by atomic mass is 14.3. The van der Waals surface area contributed by atoms with E-state index in [-0.39, 0.29) is 0 Å². The third-order valence-corrected chi connectivity index (χ3v) is 1.74. The van der Waals surface area contributed by atoms with Crippen LogP contribution in [0.3, 0.4) is 0 Å². The molecule has 0 nitrogen and oxygen atoms in total. The van der Waals surface area contributed by atoms with Crippen molar-refractivity contribution in [2.24, 2.45) is 11.8 Å². The Morgan fingerprint density at radius 1 is 1.71 bits per heavy atom. The fourth-order valence-corrected chi connectivity index (χ4v) is 0.814. The Morgan fingerprint density at radius 2 is 2.29 bits per heavy atom. The second kappa shape index (κ2) is 1.69. The van der Waals surface area contributed by atoms with E-state index in [4.69, 9.17) is 0 Å². The zero-order valence-electron chi connectivity index (χ0n) is 4.85. The van der Waals surface area contributed by atoms with Gasteiger partial charge in [0.1, 0.15) is 0 Å². The van der Waals surface area contributed by atoms with E-state index in [0.717, 1.165) is 11.8 Å². The average molecular weight is 96.2 g/mol. The topological polar surface area (TPSA) is 0 Å². The maximum atomic E-state index is 3.72. The van der Waals surface area contributed by atoms with Crippen molar-refractivity contribution < 1.29 is 0 Å². The van der Waals surface area contributed by atoms with Gasteiger partial charge in [0, 0.05) is 0 Å². The van der Waals surface area contributed by atoms with Crippen molar-refractivity contribution in [3.63, 3.8) is 0 Å². The summed E-state index contributed by atoms with van der Waals surface area (Å²) in [5, 5.41) is 0. The van der Waals surface area contributed by atoms with Gasteiger partial charge >= 0.3 is 0 Å². The smallest absolute Gasteiger partial charge is 0.0236 e. The van der Waals surface area contributed by atoms with Gasteiger partial charge in [-0.25, -0.2) is 0 Å². The quantitative estimate of drug-likeness (QED) is 0.462. The lowest BCUT2D eigenvalue weighted by atomic mass is 10.1. The zero-order valence-corrected chi connectivity index (χ0v) is 4.85. The molecule has 0 aromatic rings. The first kappa shape index (κ1) is 4.89. The minimum Gasteiger partial charge on any atom is -0.103 e. The van der Waals surface area contributed by atoms with E-state index >= 15 is 0 Å². The van der Waals surface area contributed by atoms with Crippen LogP contribution in [0.5, 0.6) is 0 Å². The van der Waals surface area contributed by atoms with Gasteiger partial charge in [0.15, 0.2) is 0 Å². The monoisotopic (exact) mass is 96.1 g/mol. The first-order valence-corrected chi connectivity index (χ1v) is 2.97. The minimum atomic E-state index is 0.778. The van der Waals surface area contributed by atoms with Crippen LogP contribution < -0.4 is 0 Å². The molecule has 40 valence electrons. The lowest BCUT2D eigenvalue weighted by Crippen LogP contribution is -1.88. The first-order chi connectivity index (χ1) is 3.34. The third-order valence-electron chi connectivity index (χ3n) is 1.74. The SMILES string of the molecule is C=CC(C)C1CC1. The zero-order chi connectivity index (χ0) is 5.28. The normalized spacial score (nSPS) is 24.1. The first-order valence-electron chi connectivity index (χ1n) is 2.97. The lowest BCUT2D eigenvalue weighted by molar-refractivity contribution is 0.629. The van der Waals surface area contributed by atoms with E-state index < -0.39 is 0 Å². The van der Waals surface area contributed by atoms with Gasteiger partial charge < -0.3 is 0 Å². The summed E-state index contributed by atoms with van der Waals surface area (Å²) in [6.45, 7) is 5.96. The van der Waals surface area contributed by atoms with Gasteiger partial charge in [-0.2, -0.15) is 0 Å². The Balaban J connectivity index is 2.22. The van der Waals surface area contributed by atoms with Crippen molar-refractivity contribution >= 4 is 0 Å². The highest BCUT2D eigenvalue weighted by Crippen LogP contribution is 2.36. The second-order valence-corrected chi connectivity index (χ2v) is 2.43. The van der Waals surface area contributed by atoms with Crippen LogP contribution in [0.4, 0.5) is 0 Å². The molecule has 0 amide bonds. The number of allylic oxidation sites excluding steroid dienone is 1. The molecule has 1 saturated carbocycles. The van der Waals surface area contributed by atoms with Gasteiger partial charge in [0.25, 0.3) is 0 Å². The number of rotatable bonds is 2. The van der Waals surface area contributed by atoms with Gasteiger partial charge in [-0.15, -0.1) is 6.58 Å². The lowest BCUT2D eigenvalue weighted by Gasteiger charge is -1.97. The summed E-state index contributed by atoms with van der Waals surface area (Å²) >= 11 is 0. The van der Waals surface area contributed by atoms with E-state index in [1.807, 2.05) is 0 Å². The molecule has 0 radical (unpaired) electrons. The molecule has 0 aromatic heterocycles. The molecule has 0 heteroatoms. The summed E-state index contributed by atoms with van der Waals surface area (Å²) in [6, 6.07) is 0. The van der Waals surface area contributed by atoms with Crippen LogP contribution in [0.2, 0.25) is 0 Å². The summed E-state index contributed by atoms with van der Waals surface area (Å²) in [5.41, 5.74) is 0. The predicted molar refractivity (Wildman–Crippen MR) is 32.1 cm³/mol. The molecule has 1 aliphatic rings. The fourth-order valence-electron chi connectivity index (χ4n) is 0.814. The van der Waals surface area contributed by atoms with E-state index in [1.54, 1.807) is 0 Å². The van der Waals surface area contributed by atoms with Crippen molar-refractivity contribution in [2.75, 3.05) is 0 Å². The molecule has 0 spiro atoms. The summed E-state index contributed by atoms with van der Waals surface area (Å²) in [6.07, 6.45) is 4.93. The Morgan fingerprint density at radius 3 is 2.43 bits per heavy atom. The highest BCUT2D eigenvalue weighted by molar-refractivity contribution is 4.88. The van der Waals surface area contributed by atoms with Crippen molar-refractivity contribution in [3.8, 4) is 0 Å². The Hall–Kier alpha value is -0.260. The maximum absolute atomic E-state index is 3.72. The molecule has 0 N–H and O–H groups in total. The van der Waals surface area contributed by atoms with Crippen LogP contribution in [-0.2, 0) is 0 Å². The largest absolute Gasteiger partial charge is 0.103 e. The molecule has 0 saturated heterocycles. The van der Waals surface area contributed by atoms with E-state index in [0.29, 0.717) is 0 Å². The van der Waals surface area contributed by atoms with Crippen LogP contribution in [0.25, 0.3) is 0 Å². The van der Waals surface area contributed by atoms with Gasteiger partial charge in [0.2, 0.25) is 0 Å². The second-order valence-electron chi connectivity index (χ2n) is 2.43. The molecule has 7 heavy (non-hydrogen) atoms. The van der Waals surface area contributed by atoms with E-state index in [9.17, 15) is 0 Å². The number of hydrogen-bond acceptors (Lipinski definition) is 0. The molecule has 1 atom stereocenters. The highest BCUT2D eigenvalue weighted by Gasteiger charge is 2.25. The summed E-state index contributed by atoms with van der Waals surface area (Å²) in [7, 11) is 0. The standard InChI is InChI=1S/C7H12/c1-3-6(2)7-4-5-7/h3,6-7H,1,4-5H2,2H3. The van der Waals surface area contributed by atoms with Crippen molar-refractivity contribution in [3.05, 3.63) is 12.7 Å². The Labute approximate surface area is 45.2 Å². The maximum Gasteiger partial charge on any atom is -0.0236 e. The molecule has 0 aromatic carbocycles. The molecular formula is C7H12. The average Bonchev–Trinajstić information content (AvgIpc) is 2.44. The van der Waals surface area contributed by atoms with E-state index in [2.05, 4.69) is 19.6 Å². The van der Waals surface area contributed by atoms with Gasteiger partial charge in [0.05, 0.1) is 0 Å². The van der Waals surface area contributed by atoms with Gasteiger partial charge in [-0.3, -0.25) is 0 Å². The molecule has 0 aliphatic heterocycles.